The minimum absolute atomic E-state index is 0.00300. The molecule has 1 aliphatic rings. The largest absolute Gasteiger partial charge is 0.388 e. The molecule has 3 N–H and O–H groups in total. The van der Waals surface area contributed by atoms with E-state index in [0.717, 1.165) is 12.8 Å². The van der Waals surface area contributed by atoms with Gasteiger partial charge in [0, 0.05) is 0 Å². The molecule has 5 heteroatoms. The molecule has 0 saturated carbocycles. The summed E-state index contributed by atoms with van der Waals surface area (Å²) in [4.78, 5) is 0. The molecule has 1 heterocycles. The quantitative estimate of drug-likeness (QED) is 0.241. The number of rotatable bonds is 19. The first-order chi connectivity index (χ1) is 14.6. The van der Waals surface area contributed by atoms with E-state index in [-0.39, 0.29) is 6.61 Å². The Morgan fingerprint density at radius 2 is 1.17 bits per heavy atom. The average molecular weight is 431 g/mol. The maximum Gasteiger partial charge on any atom is 0.186 e. The summed E-state index contributed by atoms with van der Waals surface area (Å²) in [6.45, 7) is 5.06. The molecule has 1 saturated heterocycles. The summed E-state index contributed by atoms with van der Waals surface area (Å²) >= 11 is 0. The van der Waals surface area contributed by atoms with E-state index in [0.29, 0.717) is 12.5 Å². The van der Waals surface area contributed by atoms with Gasteiger partial charge in [0.25, 0.3) is 0 Å². The molecule has 1 fully saturated rings. The normalized spacial score (nSPS) is 25.5. The van der Waals surface area contributed by atoms with Gasteiger partial charge in [-0.2, -0.15) is 0 Å². The van der Waals surface area contributed by atoms with Crippen LogP contribution in [0, 0.1) is 5.92 Å². The maximum absolute atomic E-state index is 10.1. The Morgan fingerprint density at radius 1 is 0.700 bits per heavy atom. The smallest absolute Gasteiger partial charge is 0.186 e. The predicted molar refractivity (Wildman–Crippen MR) is 122 cm³/mol. The zero-order chi connectivity index (χ0) is 22.0. The van der Waals surface area contributed by atoms with E-state index in [1.54, 1.807) is 0 Å². The fraction of sp³-hybridized carbons (Fsp3) is 1.00. The Hall–Kier alpha value is -0.200. The predicted octanol–water partition coefficient (Wildman–Crippen LogP) is 5.34. The van der Waals surface area contributed by atoms with Crippen LogP contribution in [0.3, 0.4) is 0 Å². The first kappa shape index (κ1) is 27.8. The lowest BCUT2D eigenvalue weighted by molar-refractivity contribution is -0.272. The van der Waals surface area contributed by atoms with Crippen LogP contribution in [0.25, 0.3) is 0 Å². The molecular weight excluding hydrogens is 380 g/mol. The van der Waals surface area contributed by atoms with Gasteiger partial charge in [-0.15, -0.1) is 0 Å². The third kappa shape index (κ3) is 12.6. The fourth-order valence-electron chi connectivity index (χ4n) is 4.25. The summed E-state index contributed by atoms with van der Waals surface area (Å²) in [5.41, 5.74) is 0. The average Bonchev–Trinajstić information content (AvgIpc) is 2.75. The molecular formula is C25H50O5. The van der Waals surface area contributed by atoms with Crippen molar-refractivity contribution in [3.05, 3.63) is 0 Å². The Labute approximate surface area is 185 Å². The summed E-state index contributed by atoms with van der Waals surface area (Å²) in [5.74, 6) is 0.469. The summed E-state index contributed by atoms with van der Waals surface area (Å²) in [6.07, 6.45) is 16.4. The Balaban J connectivity index is 2.29. The highest BCUT2D eigenvalue weighted by molar-refractivity contribution is 4.82. The lowest BCUT2D eigenvalue weighted by Gasteiger charge is -2.35. The van der Waals surface area contributed by atoms with Crippen LogP contribution in [0.1, 0.15) is 117 Å². The zero-order valence-electron chi connectivity index (χ0n) is 19.8. The maximum atomic E-state index is 10.1. The van der Waals surface area contributed by atoms with Crippen molar-refractivity contribution in [2.45, 2.75) is 141 Å². The highest BCUT2D eigenvalue weighted by atomic mass is 16.7. The van der Waals surface area contributed by atoms with Gasteiger partial charge in [-0.25, -0.2) is 0 Å². The molecule has 5 atom stereocenters. The van der Waals surface area contributed by atoms with Gasteiger partial charge < -0.3 is 24.8 Å². The van der Waals surface area contributed by atoms with Crippen molar-refractivity contribution in [1.82, 2.24) is 0 Å². The number of hydrogen-bond donors (Lipinski definition) is 3. The van der Waals surface area contributed by atoms with Crippen molar-refractivity contribution >= 4 is 0 Å². The van der Waals surface area contributed by atoms with Crippen molar-refractivity contribution in [3.8, 4) is 0 Å². The third-order valence-corrected chi connectivity index (χ3v) is 6.38. The summed E-state index contributed by atoms with van der Waals surface area (Å²) in [7, 11) is 0. The number of hydrogen-bond acceptors (Lipinski definition) is 5. The standard InChI is InChI=1S/C25H50O5/c1-3-5-7-9-11-12-14-16-18-21(17-15-13-10-8-6-4-2)19-29-25-24(28)23(27)22(26)20-30-25/h21-28H,3-20H2,1-2H3/t21?,22-,23+,24-,25?/m1/s1. The summed E-state index contributed by atoms with van der Waals surface area (Å²) in [5, 5.41) is 29.5. The molecule has 30 heavy (non-hydrogen) atoms. The molecule has 0 aromatic heterocycles. The van der Waals surface area contributed by atoms with Crippen LogP contribution in [-0.4, -0.2) is 53.1 Å². The first-order valence-electron chi connectivity index (χ1n) is 12.9. The molecule has 1 rings (SSSR count). The molecule has 0 aliphatic carbocycles. The molecule has 0 amide bonds. The number of ether oxygens (including phenoxy) is 2. The van der Waals surface area contributed by atoms with Crippen LogP contribution < -0.4 is 0 Å². The Bertz CT molecular complexity index is 379. The van der Waals surface area contributed by atoms with Gasteiger partial charge in [0.15, 0.2) is 6.29 Å². The molecule has 5 nitrogen and oxygen atoms in total. The number of aliphatic hydroxyl groups is 3. The van der Waals surface area contributed by atoms with Gasteiger partial charge in [0.1, 0.15) is 18.3 Å². The van der Waals surface area contributed by atoms with Crippen LogP contribution in [0.15, 0.2) is 0 Å². The van der Waals surface area contributed by atoms with Crippen LogP contribution in [-0.2, 0) is 9.47 Å². The van der Waals surface area contributed by atoms with Crippen molar-refractivity contribution in [3.63, 3.8) is 0 Å². The van der Waals surface area contributed by atoms with Crippen molar-refractivity contribution in [2.75, 3.05) is 13.2 Å². The third-order valence-electron chi connectivity index (χ3n) is 6.38. The minimum Gasteiger partial charge on any atom is -0.388 e. The van der Waals surface area contributed by atoms with Gasteiger partial charge >= 0.3 is 0 Å². The van der Waals surface area contributed by atoms with E-state index in [1.165, 1.54) is 89.9 Å². The van der Waals surface area contributed by atoms with Crippen LogP contribution in [0.2, 0.25) is 0 Å². The lowest BCUT2D eigenvalue weighted by atomic mass is 9.94. The van der Waals surface area contributed by atoms with Crippen LogP contribution >= 0.6 is 0 Å². The molecule has 0 spiro atoms. The van der Waals surface area contributed by atoms with Gasteiger partial charge in [-0.1, -0.05) is 104 Å². The highest BCUT2D eigenvalue weighted by Crippen LogP contribution is 2.23. The van der Waals surface area contributed by atoms with E-state index in [2.05, 4.69) is 13.8 Å². The number of unbranched alkanes of at least 4 members (excludes halogenated alkanes) is 12. The van der Waals surface area contributed by atoms with E-state index < -0.39 is 24.6 Å². The highest BCUT2D eigenvalue weighted by Gasteiger charge is 2.38. The van der Waals surface area contributed by atoms with E-state index in [9.17, 15) is 15.3 Å². The lowest BCUT2D eigenvalue weighted by Crippen LogP contribution is -2.53. The van der Waals surface area contributed by atoms with Gasteiger partial charge in [0.2, 0.25) is 0 Å². The topological polar surface area (TPSA) is 79.2 Å². The Morgan fingerprint density at radius 3 is 1.67 bits per heavy atom. The first-order valence-corrected chi connectivity index (χ1v) is 12.9. The van der Waals surface area contributed by atoms with Gasteiger partial charge in [0.05, 0.1) is 13.2 Å². The van der Waals surface area contributed by atoms with Crippen LogP contribution in [0.4, 0.5) is 0 Å². The molecule has 0 aromatic carbocycles. The molecule has 0 aromatic rings. The second-order valence-electron chi connectivity index (χ2n) is 9.27. The number of aliphatic hydroxyl groups excluding tert-OH is 3. The fourth-order valence-corrected chi connectivity index (χ4v) is 4.25. The molecule has 2 unspecified atom stereocenters. The van der Waals surface area contributed by atoms with E-state index in [1.807, 2.05) is 0 Å². The molecule has 0 radical (unpaired) electrons. The minimum atomic E-state index is -1.20. The van der Waals surface area contributed by atoms with Crippen molar-refractivity contribution < 1.29 is 24.8 Å². The summed E-state index contributed by atoms with van der Waals surface area (Å²) in [6, 6.07) is 0. The van der Waals surface area contributed by atoms with Crippen molar-refractivity contribution in [2.24, 2.45) is 5.92 Å². The second kappa shape index (κ2) is 18.4. The van der Waals surface area contributed by atoms with E-state index in [4.69, 9.17) is 9.47 Å². The monoisotopic (exact) mass is 430 g/mol. The second-order valence-corrected chi connectivity index (χ2v) is 9.27. The Kier molecular flexibility index (Phi) is 17.1. The van der Waals surface area contributed by atoms with Crippen molar-refractivity contribution in [1.29, 1.82) is 0 Å². The van der Waals surface area contributed by atoms with Gasteiger partial charge in [-0.05, 0) is 18.8 Å². The van der Waals surface area contributed by atoms with Crippen LogP contribution in [0.5, 0.6) is 0 Å². The van der Waals surface area contributed by atoms with Gasteiger partial charge in [-0.3, -0.25) is 0 Å². The molecule has 1 aliphatic heterocycles. The SMILES string of the molecule is CCCCCCCCCCC(CCCCCCCC)COC1OC[C@@H](O)[C@H](O)[C@H]1O. The zero-order valence-corrected chi connectivity index (χ0v) is 19.8. The molecule has 180 valence electrons. The summed E-state index contributed by atoms with van der Waals surface area (Å²) < 4.78 is 11.3. The van der Waals surface area contributed by atoms with E-state index >= 15 is 0 Å². The molecule has 0 bridgehead atoms.